The van der Waals surface area contributed by atoms with Crippen LogP contribution in [0.3, 0.4) is 0 Å². The highest BCUT2D eigenvalue weighted by Crippen LogP contribution is 2.29. The van der Waals surface area contributed by atoms with Crippen LogP contribution in [0.4, 0.5) is 4.79 Å². The third-order valence-corrected chi connectivity index (χ3v) is 4.39. The van der Waals surface area contributed by atoms with Crippen molar-refractivity contribution in [1.82, 2.24) is 15.1 Å². The number of carbonyl (C=O) groups excluding carboxylic acids is 2. The molecule has 8 nitrogen and oxygen atoms in total. The summed E-state index contributed by atoms with van der Waals surface area (Å²) in [6.07, 6.45) is 2.08. The number of nitrogens with one attached hydrogen (secondary N) is 1. The van der Waals surface area contributed by atoms with Gasteiger partial charge in [-0.3, -0.25) is 14.5 Å². The average Bonchev–Trinajstić information content (AvgIpc) is 2.70. The molecule has 2 fully saturated rings. The van der Waals surface area contributed by atoms with Crippen LogP contribution < -0.4 is 5.32 Å². The van der Waals surface area contributed by atoms with Crippen LogP contribution in [0.15, 0.2) is 0 Å². The van der Waals surface area contributed by atoms with Crippen LogP contribution in [0.1, 0.15) is 32.1 Å². The maximum Gasteiger partial charge on any atom is 0.325 e. The highest BCUT2D eigenvalue weighted by molar-refractivity contribution is 6.07. The van der Waals surface area contributed by atoms with Gasteiger partial charge in [0.2, 0.25) is 0 Å². The highest BCUT2D eigenvalue weighted by Gasteiger charge is 2.51. The summed E-state index contributed by atoms with van der Waals surface area (Å²) in [5, 5.41) is 20.4. The van der Waals surface area contributed by atoms with Gasteiger partial charge in [0, 0.05) is 32.6 Å². The first kappa shape index (κ1) is 16.7. The summed E-state index contributed by atoms with van der Waals surface area (Å²) in [5.41, 5.74) is -0.810. The minimum atomic E-state index is -0.870. The number of carboxylic acids is 1. The van der Waals surface area contributed by atoms with Gasteiger partial charge >= 0.3 is 12.0 Å². The third kappa shape index (κ3) is 3.56. The van der Waals surface area contributed by atoms with Gasteiger partial charge in [-0.1, -0.05) is 0 Å². The number of nitrogens with zero attached hydrogens (tertiary/aromatic N) is 2. The number of aliphatic carboxylic acids is 1. The minimum Gasteiger partial charge on any atom is -0.481 e. The van der Waals surface area contributed by atoms with E-state index in [1.165, 1.54) is 4.90 Å². The predicted molar refractivity (Wildman–Crippen MR) is 77.2 cm³/mol. The summed E-state index contributed by atoms with van der Waals surface area (Å²) >= 11 is 0. The van der Waals surface area contributed by atoms with Gasteiger partial charge in [-0.25, -0.2) is 4.79 Å². The zero-order valence-corrected chi connectivity index (χ0v) is 12.6. The zero-order valence-electron chi connectivity index (χ0n) is 12.6. The number of unbranched alkanes of at least 4 members (excludes halogenated alkanes) is 1. The SMILES string of the molecule is O=C(O)CCCCN1C(=O)NC2(CCN(CCO)CC2)C1=O. The summed E-state index contributed by atoms with van der Waals surface area (Å²) in [5.74, 6) is -1.07. The fourth-order valence-corrected chi connectivity index (χ4v) is 3.06. The molecule has 1 spiro atoms. The van der Waals surface area contributed by atoms with E-state index in [0.29, 0.717) is 45.3 Å². The van der Waals surface area contributed by atoms with Crippen molar-refractivity contribution >= 4 is 17.9 Å². The molecule has 0 atom stereocenters. The molecule has 0 aromatic rings. The van der Waals surface area contributed by atoms with Crippen LogP contribution >= 0.6 is 0 Å². The predicted octanol–water partition coefficient (Wildman–Crippen LogP) is -0.380. The van der Waals surface area contributed by atoms with Crippen molar-refractivity contribution < 1.29 is 24.6 Å². The number of likely N-dealkylation sites (tertiary alicyclic amines) is 1. The van der Waals surface area contributed by atoms with Crippen LogP contribution in [0.5, 0.6) is 0 Å². The number of piperidine rings is 1. The topological polar surface area (TPSA) is 110 Å². The number of rotatable bonds is 7. The van der Waals surface area contributed by atoms with Gasteiger partial charge in [0.25, 0.3) is 5.91 Å². The maximum absolute atomic E-state index is 12.5. The Morgan fingerprint density at radius 1 is 1.18 bits per heavy atom. The van der Waals surface area contributed by atoms with Crippen LogP contribution in [-0.4, -0.2) is 76.2 Å². The Labute approximate surface area is 129 Å². The second-order valence-corrected chi connectivity index (χ2v) is 5.89. The molecule has 2 rings (SSSR count). The second kappa shape index (κ2) is 7.06. The summed E-state index contributed by atoms with van der Waals surface area (Å²) in [6, 6.07) is -0.379. The summed E-state index contributed by atoms with van der Waals surface area (Å²) in [7, 11) is 0. The standard InChI is InChI=1S/C14H23N3O5/c18-10-9-16-7-4-14(5-8-16)12(21)17(13(22)15-14)6-2-1-3-11(19)20/h18H,1-10H2,(H,15,22)(H,19,20). The van der Waals surface area contributed by atoms with Crippen LogP contribution in [-0.2, 0) is 9.59 Å². The molecule has 8 heteroatoms. The van der Waals surface area contributed by atoms with Crippen LogP contribution in [0.2, 0.25) is 0 Å². The van der Waals surface area contributed by atoms with E-state index in [1.807, 2.05) is 0 Å². The Morgan fingerprint density at radius 2 is 1.86 bits per heavy atom. The lowest BCUT2D eigenvalue weighted by molar-refractivity contribution is -0.137. The number of aliphatic hydroxyl groups excluding tert-OH is 1. The summed E-state index contributed by atoms with van der Waals surface area (Å²) in [6.45, 7) is 2.26. The fourth-order valence-electron chi connectivity index (χ4n) is 3.06. The molecule has 0 aromatic heterocycles. The molecule has 0 radical (unpaired) electrons. The lowest BCUT2D eigenvalue weighted by Gasteiger charge is -2.37. The van der Waals surface area contributed by atoms with Gasteiger partial charge in [-0.2, -0.15) is 0 Å². The van der Waals surface area contributed by atoms with Gasteiger partial charge in [0.15, 0.2) is 0 Å². The smallest absolute Gasteiger partial charge is 0.325 e. The Bertz CT molecular complexity index is 446. The third-order valence-electron chi connectivity index (χ3n) is 4.39. The average molecular weight is 313 g/mol. The monoisotopic (exact) mass is 313 g/mol. The van der Waals surface area contributed by atoms with Crippen molar-refractivity contribution in [2.24, 2.45) is 0 Å². The number of aliphatic hydroxyl groups is 1. The molecule has 2 aliphatic rings. The number of carboxylic acid groups (broad SMARTS) is 1. The lowest BCUT2D eigenvalue weighted by Crippen LogP contribution is -2.55. The molecule has 3 amide bonds. The van der Waals surface area contributed by atoms with Crippen LogP contribution in [0, 0.1) is 0 Å². The van der Waals surface area contributed by atoms with E-state index < -0.39 is 11.5 Å². The molecular weight excluding hydrogens is 290 g/mol. The Morgan fingerprint density at radius 3 is 2.45 bits per heavy atom. The number of carbonyl (C=O) groups is 3. The molecule has 22 heavy (non-hydrogen) atoms. The molecule has 0 aliphatic carbocycles. The number of imide groups is 1. The quantitative estimate of drug-likeness (QED) is 0.436. The number of hydrogen-bond donors (Lipinski definition) is 3. The number of β-amino-alcohol motifs (C(OH)–C–C–N with tert-alkyl or cyclic N) is 1. The largest absolute Gasteiger partial charge is 0.481 e. The van der Waals surface area contributed by atoms with Crippen molar-refractivity contribution in [1.29, 1.82) is 0 Å². The van der Waals surface area contributed by atoms with E-state index in [4.69, 9.17) is 10.2 Å². The fraction of sp³-hybridized carbons (Fsp3) is 0.786. The van der Waals surface area contributed by atoms with E-state index in [9.17, 15) is 14.4 Å². The molecule has 2 saturated heterocycles. The minimum absolute atomic E-state index is 0.0465. The van der Waals surface area contributed by atoms with Crippen molar-refractivity contribution in [3.8, 4) is 0 Å². The molecule has 0 aromatic carbocycles. The van der Waals surface area contributed by atoms with E-state index in [2.05, 4.69) is 10.2 Å². The van der Waals surface area contributed by atoms with Gasteiger partial charge in [0.1, 0.15) is 5.54 Å². The molecule has 124 valence electrons. The molecule has 2 aliphatic heterocycles. The van der Waals surface area contributed by atoms with Gasteiger partial charge in [-0.15, -0.1) is 0 Å². The summed E-state index contributed by atoms with van der Waals surface area (Å²) < 4.78 is 0. The first-order valence-electron chi connectivity index (χ1n) is 7.67. The second-order valence-electron chi connectivity index (χ2n) is 5.89. The van der Waals surface area contributed by atoms with Gasteiger partial charge in [0.05, 0.1) is 6.61 Å². The van der Waals surface area contributed by atoms with E-state index >= 15 is 0 Å². The number of urea groups is 1. The van der Waals surface area contributed by atoms with Crippen molar-refractivity contribution in [3.63, 3.8) is 0 Å². The van der Waals surface area contributed by atoms with Gasteiger partial charge in [-0.05, 0) is 25.7 Å². The number of hydrogen-bond acceptors (Lipinski definition) is 5. The maximum atomic E-state index is 12.5. The Balaban J connectivity index is 1.87. The molecular formula is C14H23N3O5. The van der Waals surface area contributed by atoms with Gasteiger partial charge < -0.3 is 20.4 Å². The van der Waals surface area contributed by atoms with Crippen molar-refractivity contribution in [2.45, 2.75) is 37.6 Å². The molecule has 0 saturated carbocycles. The van der Waals surface area contributed by atoms with E-state index in [-0.39, 0.29) is 31.5 Å². The molecule has 0 bridgehead atoms. The first-order valence-corrected chi connectivity index (χ1v) is 7.67. The van der Waals surface area contributed by atoms with E-state index in [0.717, 1.165) is 0 Å². The Hall–Kier alpha value is -1.67. The van der Waals surface area contributed by atoms with E-state index in [1.54, 1.807) is 0 Å². The van der Waals surface area contributed by atoms with Crippen molar-refractivity contribution in [3.05, 3.63) is 0 Å². The lowest BCUT2D eigenvalue weighted by atomic mass is 9.87. The summed E-state index contributed by atoms with van der Waals surface area (Å²) in [4.78, 5) is 38.3. The zero-order chi connectivity index (χ0) is 16.2. The van der Waals surface area contributed by atoms with Crippen molar-refractivity contribution in [2.75, 3.05) is 32.8 Å². The normalized spacial score (nSPS) is 21.4. The Kier molecular flexibility index (Phi) is 5.36. The molecule has 3 N–H and O–H groups in total. The molecule has 0 unspecified atom stereocenters. The van der Waals surface area contributed by atoms with Crippen LogP contribution in [0.25, 0.3) is 0 Å². The first-order chi connectivity index (χ1) is 10.5. The number of amides is 3. The molecule has 2 heterocycles. The highest BCUT2D eigenvalue weighted by atomic mass is 16.4.